The van der Waals surface area contributed by atoms with Crippen LogP contribution in [-0.4, -0.2) is 25.9 Å². The Labute approximate surface area is 160 Å². The van der Waals surface area contributed by atoms with Gasteiger partial charge < -0.3 is 5.32 Å². The third-order valence-corrected chi connectivity index (χ3v) is 4.79. The highest BCUT2D eigenvalue weighted by Gasteiger charge is 2.17. The van der Waals surface area contributed by atoms with Crippen LogP contribution in [0.2, 0.25) is 0 Å². The van der Waals surface area contributed by atoms with Crippen molar-refractivity contribution >= 4 is 22.9 Å². The van der Waals surface area contributed by atoms with E-state index in [4.69, 9.17) is 0 Å². The molecule has 4 rings (SSSR count). The van der Waals surface area contributed by atoms with Crippen LogP contribution < -0.4 is 5.32 Å². The molecule has 2 heterocycles. The minimum absolute atomic E-state index is 0.290. The zero-order chi connectivity index (χ0) is 18.8. The van der Waals surface area contributed by atoms with Crippen LogP contribution in [0.25, 0.3) is 16.9 Å². The van der Waals surface area contributed by atoms with Crippen LogP contribution >= 0.6 is 11.3 Å². The number of benzene rings is 2. The Hall–Kier alpha value is -3.32. The Balaban J connectivity index is 1.57. The second-order valence-electron chi connectivity index (χ2n) is 6.05. The largest absolute Gasteiger partial charge is 0.321 e. The van der Waals surface area contributed by atoms with Crippen molar-refractivity contribution in [2.45, 2.75) is 13.8 Å². The summed E-state index contributed by atoms with van der Waals surface area (Å²) >= 11 is 1.60. The van der Waals surface area contributed by atoms with Crippen LogP contribution in [0.5, 0.6) is 0 Å². The summed E-state index contributed by atoms with van der Waals surface area (Å²) in [7, 11) is 0. The average Bonchev–Trinajstić information content (AvgIpc) is 3.29. The third-order valence-electron chi connectivity index (χ3n) is 4.02. The van der Waals surface area contributed by atoms with E-state index in [9.17, 15) is 4.79 Å². The zero-order valence-electron chi connectivity index (χ0n) is 14.9. The average molecular weight is 375 g/mol. The molecule has 0 aliphatic carbocycles. The SMILES string of the molecule is Cc1nc(-c2cccc(NC(=O)c3nn(-c4ccccc4)nc3C)c2)cs1. The van der Waals surface area contributed by atoms with E-state index >= 15 is 0 Å². The number of anilines is 1. The smallest absolute Gasteiger partial charge is 0.278 e. The lowest BCUT2D eigenvalue weighted by molar-refractivity contribution is 0.102. The van der Waals surface area contributed by atoms with Crippen molar-refractivity contribution in [3.63, 3.8) is 0 Å². The molecule has 7 heteroatoms. The van der Waals surface area contributed by atoms with Gasteiger partial charge >= 0.3 is 0 Å². The van der Waals surface area contributed by atoms with Gasteiger partial charge in [-0.15, -0.1) is 16.4 Å². The Kier molecular flexibility index (Phi) is 4.52. The van der Waals surface area contributed by atoms with Crippen molar-refractivity contribution in [2.24, 2.45) is 0 Å². The standard InChI is InChI=1S/C20H17N5OS/c1-13-19(24-25(23-13)17-9-4-3-5-10-17)20(26)22-16-8-6-7-15(11-16)18-12-27-14(2)21-18/h3-12H,1-2H3,(H,22,26). The van der Waals surface area contributed by atoms with E-state index in [0.717, 1.165) is 22.0 Å². The molecule has 0 radical (unpaired) electrons. The molecule has 0 spiro atoms. The van der Waals surface area contributed by atoms with Crippen molar-refractivity contribution in [3.05, 3.63) is 76.4 Å². The quantitative estimate of drug-likeness (QED) is 0.578. The zero-order valence-corrected chi connectivity index (χ0v) is 15.7. The highest BCUT2D eigenvalue weighted by molar-refractivity contribution is 7.09. The lowest BCUT2D eigenvalue weighted by Crippen LogP contribution is -2.14. The Morgan fingerprint density at radius 2 is 1.85 bits per heavy atom. The van der Waals surface area contributed by atoms with Gasteiger partial charge in [-0.2, -0.15) is 9.90 Å². The number of nitrogens with zero attached hydrogens (tertiary/aromatic N) is 4. The minimum Gasteiger partial charge on any atom is -0.321 e. The first-order chi connectivity index (χ1) is 13.1. The molecule has 0 unspecified atom stereocenters. The van der Waals surface area contributed by atoms with Gasteiger partial charge in [0.25, 0.3) is 5.91 Å². The maximum Gasteiger partial charge on any atom is 0.278 e. The topological polar surface area (TPSA) is 72.7 Å². The first-order valence-corrected chi connectivity index (χ1v) is 9.31. The summed E-state index contributed by atoms with van der Waals surface area (Å²) in [6.07, 6.45) is 0. The fourth-order valence-electron chi connectivity index (χ4n) is 2.71. The number of nitrogens with one attached hydrogen (secondary N) is 1. The van der Waals surface area contributed by atoms with Crippen molar-refractivity contribution in [1.29, 1.82) is 0 Å². The highest BCUT2D eigenvalue weighted by atomic mass is 32.1. The van der Waals surface area contributed by atoms with Gasteiger partial charge in [0.1, 0.15) is 0 Å². The number of amides is 1. The highest BCUT2D eigenvalue weighted by Crippen LogP contribution is 2.24. The second-order valence-corrected chi connectivity index (χ2v) is 7.11. The predicted octanol–water partition coefficient (Wildman–Crippen LogP) is 4.26. The van der Waals surface area contributed by atoms with E-state index in [0.29, 0.717) is 17.1 Å². The van der Waals surface area contributed by atoms with Crippen molar-refractivity contribution in [1.82, 2.24) is 20.0 Å². The fourth-order valence-corrected chi connectivity index (χ4v) is 3.33. The summed E-state index contributed by atoms with van der Waals surface area (Å²) in [5.74, 6) is -0.290. The molecule has 0 atom stereocenters. The Bertz CT molecular complexity index is 1100. The van der Waals surface area contributed by atoms with E-state index in [1.165, 1.54) is 4.80 Å². The maximum absolute atomic E-state index is 12.7. The first kappa shape index (κ1) is 17.1. The molecule has 0 aliphatic heterocycles. The van der Waals surface area contributed by atoms with Crippen LogP contribution in [0, 0.1) is 13.8 Å². The number of rotatable bonds is 4. The van der Waals surface area contributed by atoms with Crippen molar-refractivity contribution in [2.75, 3.05) is 5.32 Å². The molecule has 27 heavy (non-hydrogen) atoms. The predicted molar refractivity (Wildman–Crippen MR) is 106 cm³/mol. The summed E-state index contributed by atoms with van der Waals surface area (Å²) in [4.78, 5) is 18.7. The van der Waals surface area contributed by atoms with Gasteiger partial charge in [-0.1, -0.05) is 30.3 Å². The Morgan fingerprint density at radius 3 is 2.59 bits per heavy atom. The van der Waals surface area contributed by atoms with E-state index in [-0.39, 0.29) is 5.91 Å². The molecule has 0 bridgehead atoms. The summed E-state index contributed by atoms with van der Waals surface area (Å²) in [6.45, 7) is 3.74. The van der Waals surface area contributed by atoms with Crippen LogP contribution in [0.4, 0.5) is 5.69 Å². The molecule has 134 valence electrons. The van der Waals surface area contributed by atoms with Crippen molar-refractivity contribution in [3.8, 4) is 16.9 Å². The van der Waals surface area contributed by atoms with Crippen LogP contribution in [0.1, 0.15) is 21.2 Å². The lowest BCUT2D eigenvalue weighted by Gasteiger charge is -2.05. The minimum atomic E-state index is -0.290. The van der Waals surface area contributed by atoms with E-state index in [2.05, 4.69) is 20.5 Å². The number of hydrogen-bond acceptors (Lipinski definition) is 5. The summed E-state index contributed by atoms with van der Waals surface area (Å²) in [6, 6.07) is 17.1. The van der Waals surface area contributed by atoms with Gasteiger partial charge in [0.2, 0.25) is 0 Å². The molecule has 4 aromatic rings. The van der Waals surface area contributed by atoms with E-state index < -0.39 is 0 Å². The van der Waals surface area contributed by atoms with Crippen LogP contribution in [0.15, 0.2) is 60.0 Å². The molecule has 1 amide bonds. The molecule has 0 saturated heterocycles. The molecule has 2 aromatic heterocycles. The maximum atomic E-state index is 12.7. The number of aryl methyl sites for hydroxylation is 2. The lowest BCUT2D eigenvalue weighted by atomic mass is 10.1. The van der Waals surface area contributed by atoms with Crippen molar-refractivity contribution < 1.29 is 4.79 Å². The number of para-hydroxylation sites is 1. The van der Waals surface area contributed by atoms with Gasteiger partial charge in [0.15, 0.2) is 5.69 Å². The third kappa shape index (κ3) is 3.63. The molecule has 0 saturated carbocycles. The Morgan fingerprint density at radius 1 is 1.04 bits per heavy atom. The molecule has 6 nitrogen and oxygen atoms in total. The molecule has 0 aliphatic rings. The van der Waals surface area contributed by atoms with E-state index in [1.807, 2.05) is 66.9 Å². The number of carbonyl (C=O) groups is 1. The molecular weight excluding hydrogens is 358 g/mol. The molecule has 0 fully saturated rings. The normalized spacial score (nSPS) is 10.7. The number of hydrogen-bond donors (Lipinski definition) is 1. The monoisotopic (exact) mass is 375 g/mol. The summed E-state index contributed by atoms with van der Waals surface area (Å²) < 4.78 is 0. The van der Waals surface area contributed by atoms with Crippen LogP contribution in [-0.2, 0) is 0 Å². The van der Waals surface area contributed by atoms with Gasteiger partial charge in [-0.25, -0.2) is 4.98 Å². The van der Waals surface area contributed by atoms with Gasteiger partial charge in [-0.3, -0.25) is 4.79 Å². The molecule has 1 N–H and O–H groups in total. The number of aromatic nitrogens is 4. The number of carbonyl (C=O) groups excluding carboxylic acids is 1. The van der Waals surface area contributed by atoms with Gasteiger partial charge in [-0.05, 0) is 38.1 Å². The van der Waals surface area contributed by atoms with E-state index in [1.54, 1.807) is 18.3 Å². The van der Waals surface area contributed by atoms with Gasteiger partial charge in [0.05, 0.1) is 22.1 Å². The number of thiazole rings is 1. The fraction of sp³-hybridized carbons (Fsp3) is 0.100. The van der Waals surface area contributed by atoms with Crippen LogP contribution in [0.3, 0.4) is 0 Å². The molecular formula is C20H17N5OS. The molecule has 2 aromatic carbocycles. The summed E-state index contributed by atoms with van der Waals surface area (Å²) in [5.41, 5.74) is 4.23. The summed E-state index contributed by atoms with van der Waals surface area (Å²) in [5, 5.41) is 14.6. The second kappa shape index (κ2) is 7.13. The first-order valence-electron chi connectivity index (χ1n) is 8.43. The van der Waals surface area contributed by atoms with Gasteiger partial charge in [0, 0.05) is 16.6 Å².